The van der Waals surface area contributed by atoms with Crippen LogP contribution in [0.25, 0.3) is 0 Å². The predicted molar refractivity (Wildman–Crippen MR) is 120 cm³/mol. The van der Waals surface area contributed by atoms with E-state index in [1.54, 1.807) is 24.3 Å². The Labute approximate surface area is 190 Å². The van der Waals surface area contributed by atoms with E-state index in [-0.39, 0.29) is 23.1 Å². The first-order valence-corrected chi connectivity index (χ1v) is 10.5. The largest absolute Gasteiger partial charge is 0.384 e. The summed E-state index contributed by atoms with van der Waals surface area (Å²) in [5, 5.41) is 12.4. The van der Waals surface area contributed by atoms with Crippen molar-refractivity contribution in [3.63, 3.8) is 0 Å². The highest BCUT2D eigenvalue weighted by Gasteiger charge is 2.43. The maximum absolute atomic E-state index is 12.9. The summed E-state index contributed by atoms with van der Waals surface area (Å²) in [6, 6.07) is 12.6. The number of hydrogen-bond donors (Lipinski definition) is 3. The number of nitriles is 1. The molecule has 3 aromatic rings. The normalized spacial score (nSPS) is 17.2. The average molecular weight is 439 g/mol. The van der Waals surface area contributed by atoms with E-state index in [4.69, 9.17) is 16.2 Å². The van der Waals surface area contributed by atoms with Gasteiger partial charge < -0.3 is 21.5 Å². The molecule has 2 atom stereocenters. The van der Waals surface area contributed by atoms with Crippen LogP contribution >= 0.6 is 0 Å². The van der Waals surface area contributed by atoms with Crippen LogP contribution in [0, 0.1) is 25.2 Å². The van der Waals surface area contributed by atoms with Crippen LogP contribution in [-0.4, -0.2) is 16.8 Å². The van der Waals surface area contributed by atoms with Crippen molar-refractivity contribution in [2.45, 2.75) is 32.6 Å². The van der Waals surface area contributed by atoms with Gasteiger partial charge in [0.15, 0.2) is 0 Å². The monoisotopic (exact) mass is 439 g/mol. The number of amides is 2. The second-order valence-corrected chi connectivity index (χ2v) is 8.35. The molecule has 5 N–H and O–H groups in total. The van der Waals surface area contributed by atoms with E-state index in [1.807, 2.05) is 32.0 Å². The molecule has 1 aromatic heterocycles. The molecular formula is C25H21N5O3. The molecule has 0 radical (unpaired) electrons. The van der Waals surface area contributed by atoms with Crippen LogP contribution in [-0.2, 0) is 11.3 Å². The standard InChI is InChI=1S/C25H21N5O3/c1-11-5-21(27)30-12(2)20(11)10-29-25(32)13-3-4-15-17(6-13)23-18-7-14(9-26)16(24(28)31)8-19(18)22(15)33-23/h3-8,22-23H,10H2,1-2H3,(H2,27,30)(H2,28,31)(H,29,32). The van der Waals surface area contributed by atoms with Crippen molar-refractivity contribution in [3.05, 3.63) is 92.2 Å². The molecule has 2 aliphatic heterocycles. The second kappa shape index (κ2) is 7.43. The number of aryl methyl sites for hydroxylation is 2. The van der Waals surface area contributed by atoms with E-state index in [0.29, 0.717) is 17.9 Å². The van der Waals surface area contributed by atoms with Crippen molar-refractivity contribution in [3.8, 4) is 6.07 Å². The van der Waals surface area contributed by atoms with Gasteiger partial charge in [0.25, 0.3) is 5.91 Å². The summed E-state index contributed by atoms with van der Waals surface area (Å²) in [4.78, 5) is 28.9. The summed E-state index contributed by atoms with van der Waals surface area (Å²) in [6.45, 7) is 4.14. The third kappa shape index (κ3) is 3.22. The first-order chi connectivity index (χ1) is 15.8. The number of carbonyl (C=O) groups excluding carboxylic acids is 2. The average Bonchev–Trinajstić information content (AvgIpc) is 3.33. The third-order valence-corrected chi connectivity index (χ3v) is 6.36. The van der Waals surface area contributed by atoms with E-state index in [9.17, 15) is 14.9 Å². The molecule has 0 spiro atoms. The van der Waals surface area contributed by atoms with E-state index in [2.05, 4.69) is 10.3 Å². The molecule has 3 heterocycles. The first-order valence-electron chi connectivity index (χ1n) is 10.5. The fourth-order valence-electron chi connectivity index (χ4n) is 4.76. The molecule has 2 amide bonds. The van der Waals surface area contributed by atoms with Crippen molar-refractivity contribution < 1.29 is 14.3 Å². The first kappa shape index (κ1) is 20.7. The highest BCUT2D eigenvalue weighted by Crippen LogP contribution is 2.54. The van der Waals surface area contributed by atoms with Gasteiger partial charge in [0.2, 0.25) is 5.91 Å². The zero-order chi connectivity index (χ0) is 23.4. The molecule has 0 fully saturated rings. The lowest BCUT2D eigenvalue weighted by Gasteiger charge is -2.18. The minimum Gasteiger partial charge on any atom is -0.384 e. The van der Waals surface area contributed by atoms with Gasteiger partial charge in [0.05, 0.1) is 17.2 Å². The van der Waals surface area contributed by atoms with Crippen LogP contribution in [0.4, 0.5) is 5.82 Å². The zero-order valence-corrected chi connectivity index (χ0v) is 18.1. The summed E-state index contributed by atoms with van der Waals surface area (Å²) in [6.07, 6.45) is -0.748. The van der Waals surface area contributed by atoms with Gasteiger partial charge in [-0.05, 0) is 77.6 Å². The number of anilines is 1. The second-order valence-electron chi connectivity index (χ2n) is 8.35. The van der Waals surface area contributed by atoms with Crippen molar-refractivity contribution in [2.24, 2.45) is 5.73 Å². The summed E-state index contributed by atoms with van der Waals surface area (Å²) in [5.41, 5.74) is 18.3. The number of aromatic nitrogens is 1. The number of nitrogen functional groups attached to an aromatic ring is 1. The van der Waals surface area contributed by atoms with Crippen LogP contribution in [0.3, 0.4) is 0 Å². The van der Waals surface area contributed by atoms with E-state index >= 15 is 0 Å². The van der Waals surface area contributed by atoms with E-state index < -0.39 is 12.0 Å². The van der Waals surface area contributed by atoms with Gasteiger partial charge in [0.1, 0.15) is 18.0 Å². The van der Waals surface area contributed by atoms with Crippen molar-refractivity contribution in [1.29, 1.82) is 5.26 Å². The Morgan fingerprint density at radius 3 is 2.48 bits per heavy atom. The Morgan fingerprint density at radius 2 is 1.79 bits per heavy atom. The topological polar surface area (TPSA) is 144 Å². The molecule has 164 valence electrons. The smallest absolute Gasteiger partial charge is 0.251 e. The fourth-order valence-corrected chi connectivity index (χ4v) is 4.76. The molecule has 2 unspecified atom stereocenters. The lowest BCUT2D eigenvalue weighted by Crippen LogP contribution is -2.24. The van der Waals surface area contributed by atoms with Gasteiger partial charge >= 0.3 is 0 Å². The number of hydrogen-bond acceptors (Lipinski definition) is 6. The van der Waals surface area contributed by atoms with Gasteiger partial charge in [-0.25, -0.2) is 4.98 Å². The number of benzene rings is 2. The van der Waals surface area contributed by atoms with Crippen LogP contribution in [0.2, 0.25) is 0 Å². The van der Waals surface area contributed by atoms with Gasteiger partial charge in [0, 0.05) is 17.8 Å². The molecule has 0 saturated heterocycles. The number of nitrogens with two attached hydrogens (primary N) is 2. The summed E-state index contributed by atoms with van der Waals surface area (Å²) < 4.78 is 6.14. The molecular weight excluding hydrogens is 418 g/mol. The lowest BCUT2D eigenvalue weighted by molar-refractivity contribution is 0.0857. The van der Waals surface area contributed by atoms with Crippen LogP contribution in [0.1, 0.15) is 77.6 Å². The van der Waals surface area contributed by atoms with Crippen LogP contribution in [0.15, 0.2) is 36.4 Å². The maximum Gasteiger partial charge on any atom is 0.251 e. The number of nitrogens with zero attached hydrogens (tertiary/aromatic N) is 2. The number of primary amides is 1. The van der Waals surface area contributed by atoms with Crippen molar-refractivity contribution in [1.82, 2.24) is 10.3 Å². The Balaban J connectivity index is 1.42. The Bertz CT molecular complexity index is 1380. The Morgan fingerprint density at radius 1 is 1.09 bits per heavy atom. The lowest BCUT2D eigenvalue weighted by atomic mass is 9.83. The molecule has 8 heteroatoms. The van der Waals surface area contributed by atoms with Gasteiger partial charge in [-0.15, -0.1) is 0 Å². The molecule has 0 saturated carbocycles. The van der Waals surface area contributed by atoms with Gasteiger partial charge in [-0.2, -0.15) is 5.26 Å². The zero-order valence-electron chi connectivity index (χ0n) is 18.1. The van der Waals surface area contributed by atoms with Crippen LogP contribution < -0.4 is 16.8 Å². The number of ether oxygens (including phenoxy) is 1. The highest BCUT2D eigenvalue weighted by molar-refractivity contribution is 5.96. The molecule has 2 bridgehead atoms. The molecule has 0 aliphatic carbocycles. The minimum atomic E-state index is -0.647. The minimum absolute atomic E-state index is 0.188. The Kier molecular flexibility index (Phi) is 4.65. The summed E-state index contributed by atoms with van der Waals surface area (Å²) >= 11 is 0. The fraction of sp³-hybridized carbons (Fsp3) is 0.200. The van der Waals surface area contributed by atoms with Crippen molar-refractivity contribution in [2.75, 3.05) is 5.73 Å². The predicted octanol–water partition coefficient (Wildman–Crippen LogP) is 2.70. The number of carbonyl (C=O) groups is 2. The molecule has 8 nitrogen and oxygen atoms in total. The highest BCUT2D eigenvalue weighted by atomic mass is 16.5. The molecule has 5 rings (SSSR count). The van der Waals surface area contributed by atoms with E-state index in [0.717, 1.165) is 39.1 Å². The number of rotatable bonds is 4. The summed E-state index contributed by atoms with van der Waals surface area (Å²) in [5.74, 6) is -0.402. The number of nitrogens with one attached hydrogen (secondary N) is 1. The molecule has 2 aliphatic rings. The van der Waals surface area contributed by atoms with Gasteiger partial charge in [-0.3, -0.25) is 9.59 Å². The van der Waals surface area contributed by atoms with E-state index in [1.165, 1.54) is 0 Å². The number of fused-ring (bicyclic) bond motifs is 8. The molecule has 33 heavy (non-hydrogen) atoms. The van der Waals surface area contributed by atoms with Crippen LogP contribution in [0.5, 0.6) is 0 Å². The Hall–Kier alpha value is -4.22. The van der Waals surface area contributed by atoms with Gasteiger partial charge in [-0.1, -0.05) is 6.07 Å². The third-order valence-electron chi connectivity index (χ3n) is 6.36. The summed E-state index contributed by atoms with van der Waals surface area (Å²) in [7, 11) is 0. The molecule has 2 aromatic carbocycles. The quantitative estimate of drug-likeness (QED) is 0.570. The number of pyridine rings is 1. The maximum atomic E-state index is 12.9. The van der Waals surface area contributed by atoms with Crippen molar-refractivity contribution >= 4 is 17.6 Å². The SMILES string of the molecule is Cc1cc(N)nc(C)c1CNC(=O)c1ccc2c(c1)C1OC2c2cc(C(N)=O)c(C#N)cc21.